The predicted molar refractivity (Wildman–Crippen MR) is 183 cm³/mol. The molecule has 0 spiro atoms. The van der Waals surface area contributed by atoms with Crippen molar-refractivity contribution in [3.63, 3.8) is 0 Å². The number of aliphatic hydroxyl groups is 1. The number of benzene rings is 2. The van der Waals surface area contributed by atoms with Crippen LogP contribution in [-0.2, 0) is 17.5 Å². The Morgan fingerprint density at radius 3 is 2.00 bits per heavy atom. The van der Waals surface area contributed by atoms with Crippen LogP contribution in [0.15, 0.2) is 59.1 Å². The number of allylic oxidation sites excluding steroid dienone is 3. The van der Waals surface area contributed by atoms with E-state index in [9.17, 15) is 23.1 Å². The van der Waals surface area contributed by atoms with E-state index in [1.807, 2.05) is 28.2 Å². The van der Waals surface area contributed by atoms with Crippen LogP contribution in [0.5, 0.6) is 0 Å². The molecule has 0 unspecified atom stereocenters. The van der Waals surface area contributed by atoms with Crippen LogP contribution < -0.4 is 14.4 Å². The molecule has 0 fully saturated rings. The molecule has 2 aromatic carbocycles. The molecule has 2 aliphatic rings. The first-order valence-corrected chi connectivity index (χ1v) is 17.6. The van der Waals surface area contributed by atoms with Crippen LogP contribution >= 0.6 is 34.5 Å². The van der Waals surface area contributed by atoms with Crippen LogP contribution in [0.2, 0.25) is 10.0 Å². The highest BCUT2D eigenvalue weighted by Gasteiger charge is 2.38. The van der Waals surface area contributed by atoms with Gasteiger partial charge in [0.15, 0.2) is 6.54 Å². The molecule has 46 heavy (non-hydrogen) atoms. The predicted octanol–water partition coefficient (Wildman–Crippen LogP) is 10.6. The number of hydrogen-bond acceptors (Lipinski definition) is 5. The number of aromatic nitrogens is 1. The van der Waals surface area contributed by atoms with Crippen LogP contribution in [0.25, 0.3) is 16.3 Å². The van der Waals surface area contributed by atoms with E-state index >= 15 is 0 Å². The molecular weight excluding hydrogens is 654 g/mol. The number of carbonyl (C=O) groups excluding carboxylic acids is 1. The molecule has 0 radical (unpaired) electrons. The van der Waals surface area contributed by atoms with E-state index in [-0.39, 0.29) is 22.7 Å². The van der Waals surface area contributed by atoms with E-state index in [2.05, 4.69) is 6.92 Å². The Bertz CT molecular complexity index is 1690. The highest BCUT2D eigenvalue weighted by Crippen LogP contribution is 2.46. The largest absolute Gasteiger partial charge is 0.506 e. The lowest BCUT2D eigenvalue weighted by Gasteiger charge is -2.26. The van der Waals surface area contributed by atoms with Gasteiger partial charge in [0, 0.05) is 31.7 Å². The molecule has 3 aromatic rings. The van der Waals surface area contributed by atoms with Crippen LogP contribution in [0.4, 0.5) is 24.5 Å². The molecule has 0 saturated heterocycles. The molecule has 1 aliphatic carbocycles. The molecule has 0 saturated carbocycles. The maximum absolute atomic E-state index is 13.6. The number of halogens is 5. The summed E-state index contributed by atoms with van der Waals surface area (Å²) in [5.41, 5.74) is 1.81. The van der Waals surface area contributed by atoms with E-state index < -0.39 is 11.7 Å². The molecule has 5 nitrogen and oxygen atoms in total. The van der Waals surface area contributed by atoms with E-state index in [0.717, 1.165) is 48.9 Å². The minimum atomic E-state index is -4.46. The molecule has 2 heterocycles. The number of unbranched alkanes of at least 4 members (excludes halogenated alkanes) is 7. The fourth-order valence-electron chi connectivity index (χ4n) is 6.15. The number of aliphatic hydroxyl groups excluding tert-OH is 1. The minimum absolute atomic E-state index is 0.135. The van der Waals surface area contributed by atoms with E-state index in [1.165, 1.54) is 49.2 Å². The molecule has 246 valence electrons. The highest BCUT2D eigenvalue weighted by atomic mass is 35.5. The standard InChI is InChI=1S/C35H38Cl2F3N3O2S/c1-4-7-8-9-10-11-12-13-16-43-29-17-22(35(38,39)40)14-15-30(29)46-32(43)19-24-33(44)23(34(24)45)18-31-41(5-2)27-20-25(36)26(37)21-28(27)42(31)6-3/h14-15,17-21H,4-13,16H2,1-3H3/p+1. The third-order valence-electron chi connectivity index (χ3n) is 8.62. The number of thiazole rings is 1. The maximum Gasteiger partial charge on any atom is 0.416 e. The summed E-state index contributed by atoms with van der Waals surface area (Å²) in [5, 5.41) is 12.6. The first-order chi connectivity index (χ1) is 22.0. The number of aryl methyl sites for hydroxylation is 1. The summed E-state index contributed by atoms with van der Waals surface area (Å²) in [6, 6.07) is 7.35. The lowest BCUT2D eigenvalue weighted by molar-refractivity contribution is -0.669. The van der Waals surface area contributed by atoms with Crippen molar-refractivity contribution in [2.45, 2.75) is 84.9 Å². The zero-order chi connectivity index (χ0) is 33.2. The lowest BCUT2D eigenvalue weighted by Crippen LogP contribution is -2.36. The molecule has 0 atom stereocenters. The number of rotatable bonds is 13. The first-order valence-electron chi connectivity index (χ1n) is 16.0. The van der Waals surface area contributed by atoms with Gasteiger partial charge < -0.3 is 14.9 Å². The van der Waals surface area contributed by atoms with Crippen molar-refractivity contribution in [3.8, 4) is 0 Å². The Hall–Kier alpha value is -3.01. The summed E-state index contributed by atoms with van der Waals surface area (Å²) >= 11 is 14.0. The van der Waals surface area contributed by atoms with Gasteiger partial charge in [0.25, 0.3) is 5.01 Å². The molecule has 0 amide bonds. The number of carbonyl (C=O) groups is 1. The number of fused-ring (bicyclic) bond motifs is 2. The SMILES string of the molecule is CCCCCCCCCC[n+]1c(/C=C2\C(=O)C(C=C3N(CC)c4cc(Cl)c(Cl)cc4N3CC)=C2O)sc2ccc(C(F)(F)F)cc21. The van der Waals surface area contributed by atoms with Crippen molar-refractivity contribution in [2.24, 2.45) is 0 Å². The summed E-state index contributed by atoms with van der Waals surface area (Å²) in [7, 11) is 0. The number of hydrogen-bond donors (Lipinski definition) is 1. The van der Waals surface area contributed by atoms with Crippen molar-refractivity contribution < 1.29 is 27.6 Å². The smallest absolute Gasteiger partial charge is 0.416 e. The van der Waals surface area contributed by atoms with Gasteiger partial charge in [0.1, 0.15) is 16.3 Å². The Morgan fingerprint density at radius 1 is 0.870 bits per heavy atom. The van der Waals surface area contributed by atoms with Gasteiger partial charge in [0.05, 0.1) is 38.1 Å². The van der Waals surface area contributed by atoms with E-state index in [0.29, 0.717) is 44.9 Å². The van der Waals surface area contributed by atoms with Gasteiger partial charge >= 0.3 is 6.18 Å². The monoisotopic (exact) mass is 692 g/mol. The molecular formula is C35H39Cl2F3N3O2S+. The Balaban J connectivity index is 1.45. The van der Waals surface area contributed by atoms with E-state index in [4.69, 9.17) is 23.2 Å². The fraction of sp³-hybridized carbons (Fsp3) is 0.429. The average molecular weight is 694 g/mol. The molecule has 1 N–H and O–H groups in total. The van der Waals surface area contributed by atoms with Crippen LogP contribution in [0.3, 0.4) is 0 Å². The van der Waals surface area contributed by atoms with Gasteiger partial charge in [-0.3, -0.25) is 4.79 Å². The Morgan fingerprint density at radius 2 is 1.46 bits per heavy atom. The van der Waals surface area contributed by atoms with Crippen LogP contribution in [-0.4, -0.2) is 24.0 Å². The molecule has 0 bridgehead atoms. The topological polar surface area (TPSA) is 47.7 Å². The van der Waals surface area contributed by atoms with Crippen molar-refractivity contribution in [1.29, 1.82) is 0 Å². The zero-order valence-electron chi connectivity index (χ0n) is 26.3. The van der Waals surface area contributed by atoms with Crippen molar-refractivity contribution in [1.82, 2.24) is 0 Å². The van der Waals surface area contributed by atoms with Crippen molar-refractivity contribution >= 4 is 68.0 Å². The third kappa shape index (κ3) is 6.83. The highest BCUT2D eigenvalue weighted by molar-refractivity contribution is 7.18. The lowest BCUT2D eigenvalue weighted by atomic mass is 9.87. The summed E-state index contributed by atoms with van der Waals surface area (Å²) < 4.78 is 43.4. The number of anilines is 2. The second-order valence-corrected chi connectivity index (χ2v) is 13.5. The fourth-order valence-corrected chi connectivity index (χ4v) is 7.58. The summed E-state index contributed by atoms with van der Waals surface area (Å²) in [5.74, 6) is 0.262. The summed E-state index contributed by atoms with van der Waals surface area (Å²) in [6.45, 7) is 7.87. The van der Waals surface area contributed by atoms with Gasteiger partial charge in [-0.25, -0.2) is 0 Å². The van der Waals surface area contributed by atoms with Crippen LogP contribution in [0.1, 0.15) is 82.7 Å². The third-order valence-corrected chi connectivity index (χ3v) is 10.5. The van der Waals surface area contributed by atoms with Gasteiger partial charge in [-0.15, -0.1) is 0 Å². The number of nitrogens with zero attached hydrogens (tertiary/aromatic N) is 3. The summed E-state index contributed by atoms with van der Waals surface area (Å²) in [6.07, 6.45) is 7.66. The van der Waals surface area contributed by atoms with Crippen LogP contribution in [0, 0.1) is 0 Å². The summed E-state index contributed by atoms with van der Waals surface area (Å²) in [4.78, 5) is 17.5. The van der Waals surface area contributed by atoms with E-state index in [1.54, 1.807) is 24.3 Å². The maximum atomic E-state index is 13.6. The van der Waals surface area contributed by atoms with Crippen molar-refractivity contribution in [3.05, 3.63) is 79.8 Å². The number of Topliss-reactive ketones (excluding diaryl/α,β-unsaturated/α-hetero) is 1. The first kappa shape index (κ1) is 34.3. The van der Waals surface area contributed by atoms with Gasteiger partial charge in [0.2, 0.25) is 11.3 Å². The number of alkyl halides is 3. The Kier molecular flexibility index (Phi) is 10.7. The second-order valence-electron chi connectivity index (χ2n) is 11.6. The van der Waals surface area contributed by atoms with Gasteiger partial charge in [-0.1, -0.05) is 80.0 Å². The molecule has 1 aliphatic heterocycles. The zero-order valence-corrected chi connectivity index (χ0v) is 28.6. The average Bonchev–Trinajstić information content (AvgIpc) is 3.52. The molecule has 11 heteroatoms. The quantitative estimate of drug-likeness (QED) is 0.110. The molecule has 1 aromatic heterocycles. The second kappa shape index (κ2) is 14.4. The van der Waals surface area contributed by atoms with Gasteiger partial charge in [-0.2, -0.15) is 17.7 Å². The molecule has 5 rings (SSSR count). The number of ketones is 1. The minimum Gasteiger partial charge on any atom is -0.506 e. The normalized spacial score (nSPS) is 15.9. The Labute approximate surface area is 282 Å². The van der Waals surface area contributed by atoms with Crippen molar-refractivity contribution in [2.75, 3.05) is 22.9 Å². The van der Waals surface area contributed by atoms with Gasteiger partial charge in [-0.05, 0) is 50.6 Å².